The molecule has 74 valence electrons. The average molecular weight is 197 g/mol. The normalized spacial score (nSPS) is 19.8. The van der Waals surface area contributed by atoms with Crippen molar-refractivity contribution in [3.05, 3.63) is 0 Å². The maximum absolute atomic E-state index is 11.8. The fourth-order valence-electron chi connectivity index (χ4n) is 1.41. The van der Waals surface area contributed by atoms with Gasteiger partial charge in [0.1, 0.15) is 0 Å². The molecule has 1 saturated heterocycles. The minimum absolute atomic E-state index is 0. The number of rotatable bonds is 3. The molecule has 0 saturated carbocycles. The summed E-state index contributed by atoms with van der Waals surface area (Å²) < 4.78 is 11.8. The fraction of sp³-hybridized carbons (Fsp3) is 1.00. The van der Waals surface area contributed by atoms with Gasteiger partial charge in [0.15, 0.2) is 0 Å². The third kappa shape index (κ3) is 4.91. The molecule has 0 aliphatic carbocycles. The number of alkyl halides is 1. The van der Waals surface area contributed by atoms with Crippen molar-refractivity contribution in [2.45, 2.75) is 12.8 Å². The average Bonchev–Trinajstić information content (AvgIpc) is 2.28. The van der Waals surface area contributed by atoms with Crippen LogP contribution in [0.25, 0.3) is 0 Å². The second-order valence-electron chi connectivity index (χ2n) is 2.99. The summed E-state index contributed by atoms with van der Waals surface area (Å²) in [4.78, 5) is 2.33. The van der Waals surface area contributed by atoms with Crippen LogP contribution in [0.3, 0.4) is 0 Å². The first-order chi connectivity index (χ1) is 5.43. The molecular weight excluding hydrogens is 179 g/mol. The number of hydrogen-bond donors (Lipinski definition) is 1. The number of halogens is 2. The molecule has 0 atom stereocenters. The van der Waals surface area contributed by atoms with Crippen molar-refractivity contribution in [1.29, 1.82) is 0 Å². The van der Waals surface area contributed by atoms with Crippen LogP contribution in [0.5, 0.6) is 0 Å². The van der Waals surface area contributed by atoms with Crippen LogP contribution in [0.1, 0.15) is 12.8 Å². The van der Waals surface area contributed by atoms with Crippen molar-refractivity contribution in [3.8, 4) is 0 Å². The van der Waals surface area contributed by atoms with Gasteiger partial charge < -0.3 is 10.2 Å². The SMILES string of the molecule is Cl.FCCCN1CCCNCC1. The topological polar surface area (TPSA) is 15.3 Å². The van der Waals surface area contributed by atoms with Crippen LogP contribution < -0.4 is 5.32 Å². The van der Waals surface area contributed by atoms with Crippen molar-refractivity contribution >= 4 is 12.4 Å². The van der Waals surface area contributed by atoms with Crippen LogP contribution in [-0.4, -0.2) is 44.3 Å². The molecule has 0 unspecified atom stereocenters. The predicted molar refractivity (Wildman–Crippen MR) is 51.8 cm³/mol. The molecule has 0 aromatic rings. The second kappa shape index (κ2) is 7.77. The van der Waals surface area contributed by atoms with Crippen LogP contribution in [0.4, 0.5) is 4.39 Å². The first kappa shape index (κ1) is 12.1. The molecule has 1 fully saturated rings. The highest BCUT2D eigenvalue weighted by Crippen LogP contribution is 1.96. The van der Waals surface area contributed by atoms with Gasteiger partial charge in [-0.15, -0.1) is 12.4 Å². The van der Waals surface area contributed by atoms with E-state index in [2.05, 4.69) is 10.2 Å². The summed E-state index contributed by atoms with van der Waals surface area (Å²) in [5, 5.41) is 3.32. The van der Waals surface area contributed by atoms with Crippen LogP contribution >= 0.6 is 12.4 Å². The Bertz CT molecular complexity index is 95.1. The van der Waals surface area contributed by atoms with Gasteiger partial charge in [0, 0.05) is 19.6 Å². The van der Waals surface area contributed by atoms with Gasteiger partial charge in [0.2, 0.25) is 0 Å². The van der Waals surface area contributed by atoms with Gasteiger partial charge in [0.25, 0.3) is 0 Å². The summed E-state index contributed by atoms with van der Waals surface area (Å²) in [7, 11) is 0. The summed E-state index contributed by atoms with van der Waals surface area (Å²) in [5.74, 6) is 0. The molecule has 0 aromatic heterocycles. The molecule has 4 heteroatoms. The number of nitrogens with zero attached hydrogens (tertiary/aromatic N) is 1. The Kier molecular flexibility index (Phi) is 7.86. The van der Waals surface area contributed by atoms with E-state index in [1.54, 1.807) is 0 Å². The minimum Gasteiger partial charge on any atom is -0.315 e. The largest absolute Gasteiger partial charge is 0.315 e. The summed E-state index contributed by atoms with van der Waals surface area (Å²) in [6, 6.07) is 0. The van der Waals surface area contributed by atoms with E-state index in [4.69, 9.17) is 0 Å². The molecule has 0 bridgehead atoms. The van der Waals surface area contributed by atoms with Crippen molar-refractivity contribution in [3.63, 3.8) is 0 Å². The van der Waals surface area contributed by atoms with E-state index in [-0.39, 0.29) is 19.1 Å². The number of nitrogens with one attached hydrogen (secondary N) is 1. The van der Waals surface area contributed by atoms with Crippen LogP contribution in [-0.2, 0) is 0 Å². The molecule has 0 radical (unpaired) electrons. The van der Waals surface area contributed by atoms with Gasteiger partial charge >= 0.3 is 0 Å². The molecule has 1 rings (SSSR count). The van der Waals surface area contributed by atoms with Crippen LogP contribution in [0, 0.1) is 0 Å². The number of hydrogen-bond acceptors (Lipinski definition) is 2. The molecule has 2 nitrogen and oxygen atoms in total. The first-order valence-electron chi connectivity index (χ1n) is 4.42. The van der Waals surface area contributed by atoms with Gasteiger partial charge in [-0.1, -0.05) is 0 Å². The van der Waals surface area contributed by atoms with E-state index in [9.17, 15) is 4.39 Å². The third-order valence-corrected chi connectivity index (χ3v) is 2.04. The standard InChI is InChI=1S/C8H17FN2.ClH/c9-3-1-6-11-7-2-4-10-5-8-11;/h10H,1-8H2;1H. The Hall–Kier alpha value is 0.140. The molecule has 12 heavy (non-hydrogen) atoms. The second-order valence-corrected chi connectivity index (χ2v) is 2.99. The van der Waals surface area contributed by atoms with E-state index < -0.39 is 0 Å². The van der Waals surface area contributed by atoms with Gasteiger partial charge in [-0.3, -0.25) is 4.39 Å². The van der Waals surface area contributed by atoms with Crippen LogP contribution in [0.15, 0.2) is 0 Å². The zero-order chi connectivity index (χ0) is 7.94. The molecule has 1 heterocycles. The van der Waals surface area contributed by atoms with Gasteiger partial charge in [0.05, 0.1) is 6.67 Å². The van der Waals surface area contributed by atoms with Crippen LogP contribution in [0.2, 0.25) is 0 Å². The Labute approximate surface area is 79.9 Å². The van der Waals surface area contributed by atoms with E-state index in [1.165, 1.54) is 6.42 Å². The van der Waals surface area contributed by atoms with Crippen molar-refractivity contribution < 1.29 is 4.39 Å². The molecule has 0 spiro atoms. The lowest BCUT2D eigenvalue weighted by atomic mass is 10.3. The van der Waals surface area contributed by atoms with Gasteiger partial charge in [-0.05, 0) is 25.9 Å². The van der Waals surface area contributed by atoms with Crippen molar-refractivity contribution in [2.75, 3.05) is 39.4 Å². The van der Waals surface area contributed by atoms with Crippen molar-refractivity contribution in [2.24, 2.45) is 0 Å². The zero-order valence-corrected chi connectivity index (χ0v) is 8.21. The maximum atomic E-state index is 11.8. The van der Waals surface area contributed by atoms with E-state index in [0.29, 0.717) is 6.42 Å². The Morgan fingerprint density at radius 1 is 1.25 bits per heavy atom. The lowest BCUT2D eigenvalue weighted by molar-refractivity contribution is 0.275. The molecule has 1 N–H and O–H groups in total. The summed E-state index contributed by atoms with van der Waals surface area (Å²) in [6.07, 6.45) is 1.90. The third-order valence-electron chi connectivity index (χ3n) is 2.04. The van der Waals surface area contributed by atoms with Gasteiger partial charge in [-0.25, -0.2) is 0 Å². The summed E-state index contributed by atoms with van der Waals surface area (Å²) >= 11 is 0. The monoisotopic (exact) mass is 196 g/mol. The minimum atomic E-state index is -0.177. The fourth-order valence-corrected chi connectivity index (χ4v) is 1.41. The van der Waals surface area contributed by atoms with E-state index in [0.717, 1.165) is 32.7 Å². The zero-order valence-electron chi connectivity index (χ0n) is 7.39. The Morgan fingerprint density at radius 2 is 2.08 bits per heavy atom. The summed E-state index contributed by atoms with van der Waals surface area (Å²) in [5.41, 5.74) is 0. The highest BCUT2D eigenvalue weighted by molar-refractivity contribution is 5.85. The van der Waals surface area contributed by atoms with Crippen molar-refractivity contribution in [1.82, 2.24) is 10.2 Å². The van der Waals surface area contributed by atoms with E-state index >= 15 is 0 Å². The lowest BCUT2D eigenvalue weighted by Crippen LogP contribution is -2.29. The maximum Gasteiger partial charge on any atom is 0.0906 e. The smallest absolute Gasteiger partial charge is 0.0906 e. The summed E-state index contributed by atoms with van der Waals surface area (Å²) in [6.45, 7) is 5.15. The highest BCUT2D eigenvalue weighted by atomic mass is 35.5. The lowest BCUT2D eigenvalue weighted by Gasteiger charge is -2.17. The molecule has 1 aliphatic heterocycles. The molecular formula is C8H18ClFN2. The quantitative estimate of drug-likeness (QED) is 0.727. The van der Waals surface area contributed by atoms with E-state index in [1.807, 2.05) is 0 Å². The predicted octanol–water partition coefficient (Wildman–Crippen LogP) is 1.06. The molecule has 0 aromatic carbocycles. The molecule has 1 aliphatic rings. The highest BCUT2D eigenvalue weighted by Gasteiger charge is 2.06. The molecule has 0 amide bonds. The van der Waals surface area contributed by atoms with Gasteiger partial charge in [-0.2, -0.15) is 0 Å². The first-order valence-corrected chi connectivity index (χ1v) is 4.42. The Balaban J connectivity index is 0.00000121. The Morgan fingerprint density at radius 3 is 2.83 bits per heavy atom.